The van der Waals surface area contributed by atoms with E-state index in [4.69, 9.17) is 0 Å². The molecule has 1 aromatic rings. The van der Waals surface area contributed by atoms with Crippen molar-refractivity contribution >= 4 is 5.69 Å². The number of likely N-dealkylation sites (N-methyl/N-ethyl adjacent to an activating group) is 1. The van der Waals surface area contributed by atoms with Crippen molar-refractivity contribution in [3.8, 4) is 0 Å². The van der Waals surface area contributed by atoms with Crippen molar-refractivity contribution in [2.45, 2.75) is 52.7 Å². The zero-order valence-electron chi connectivity index (χ0n) is 13.6. The minimum absolute atomic E-state index is 0.368. The van der Waals surface area contributed by atoms with Crippen LogP contribution in [0.25, 0.3) is 0 Å². The quantitative estimate of drug-likeness (QED) is 0.765. The van der Waals surface area contributed by atoms with Crippen molar-refractivity contribution in [1.82, 2.24) is 5.32 Å². The molecule has 0 spiro atoms. The Labute approximate surface area is 124 Å². The largest absolute Gasteiger partial charge is 0.389 e. The molecule has 0 aliphatic rings. The Hall–Kier alpha value is -1.06. The second kappa shape index (κ2) is 7.65. The number of hydrogen-bond acceptors (Lipinski definition) is 3. The van der Waals surface area contributed by atoms with E-state index in [0.29, 0.717) is 12.6 Å². The second-order valence-electron chi connectivity index (χ2n) is 5.90. The van der Waals surface area contributed by atoms with Gasteiger partial charge in [0.1, 0.15) is 0 Å². The first kappa shape index (κ1) is 17.0. The highest BCUT2D eigenvalue weighted by molar-refractivity contribution is 5.55. The van der Waals surface area contributed by atoms with E-state index < -0.39 is 5.60 Å². The Morgan fingerprint density at radius 1 is 1.20 bits per heavy atom. The average Bonchev–Trinajstić information content (AvgIpc) is 2.41. The molecule has 1 aromatic carbocycles. The van der Waals surface area contributed by atoms with Gasteiger partial charge in [-0.3, -0.25) is 0 Å². The lowest BCUT2D eigenvalue weighted by atomic mass is 10.00. The van der Waals surface area contributed by atoms with Crippen molar-refractivity contribution in [1.29, 1.82) is 0 Å². The summed E-state index contributed by atoms with van der Waals surface area (Å²) < 4.78 is 0. The van der Waals surface area contributed by atoms with E-state index in [-0.39, 0.29) is 0 Å². The highest BCUT2D eigenvalue weighted by atomic mass is 16.3. The van der Waals surface area contributed by atoms with Gasteiger partial charge in [0.25, 0.3) is 0 Å². The van der Waals surface area contributed by atoms with Crippen LogP contribution in [0.3, 0.4) is 0 Å². The van der Waals surface area contributed by atoms with Gasteiger partial charge in [0, 0.05) is 24.8 Å². The minimum atomic E-state index is -0.691. The molecule has 0 amide bonds. The number of para-hydroxylation sites is 1. The summed E-state index contributed by atoms with van der Waals surface area (Å²) in [7, 11) is 0. The van der Waals surface area contributed by atoms with Gasteiger partial charge in [-0.05, 0) is 45.4 Å². The predicted molar refractivity (Wildman–Crippen MR) is 87.3 cm³/mol. The molecular formula is C17H30N2O. The maximum atomic E-state index is 10.1. The Morgan fingerprint density at radius 2 is 1.85 bits per heavy atom. The van der Waals surface area contributed by atoms with E-state index in [9.17, 15) is 5.11 Å². The van der Waals surface area contributed by atoms with Crippen LogP contribution in [0.2, 0.25) is 0 Å². The molecule has 3 heteroatoms. The van der Waals surface area contributed by atoms with Gasteiger partial charge in [0.2, 0.25) is 0 Å². The number of anilines is 1. The molecule has 114 valence electrons. The summed E-state index contributed by atoms with van der Waals surface area (Å²) in [5, 5.41) is 13.7. The lowest BCUT2D eigenvalue weighted by Crippen LogP contribution is -2.39. The first-order valence-electron chi connectivity index (χ1n) is 7.72. The van der Waals surface area contributed by atoms with Gasteiger partial charge in [-0.25, -0.2) is 0 Å². The van der Waals surface area contributed by atoms with E-state index in [2.05, 4.69) is 55.3 Å². The molecule has 0 saturated carbocycles. The van der Waals surface area contributed by atoms with E-state index in [1.54, 1.807) is 0 Å². The van der Waals surface area contributed by atoms with Crippen LogP contribution in [-0.2, 0) is 0 Å². The van der Waals surface area contributed by atoms with Crippen LogP contribution in [0.5, 0.6) is 0 Å². The normalized spacial score (nSPS) is 13.3. The summed E-state index contributed by atoms with van der Waals surface area (Å²) in [5.41, 5.74) is 1.86. The summed E-state index contributed by atoms with van der Waals surface area (Å²) in [6, 6.07) is 8.89. The molecule has 1 atom stereocenters. The third-order valence-corrected chi connectivity index (χ3v) is 3.47. The molecule has 2 N–H and O–H groups in total. The van der Waals surface area contributed by atoms with E-state index in [1.807, 2.05) is 13.8 Å². The Balaban J connectivity index is 3.09. The van der Waals surface area contributed by atoms with Gasteiger partial charge in [-0.1, -0.05) is 32.0 Å². The number of hydrogen-bond donors (Lipinski definition) is 2. The maximum Gasteiger partial charge on any atom is 0.0765 e. The number of rotatable bonds is 8. The van der Waals surface area contributed by atoms with Gasteiger partial charge < -0.3 is 15.3 Å². The van der Waals surface area contributed by atoms with Crippen molar-refractivity contribution in [3.05, 3.63) is 29.8 Å². The first-order valence-corrected chi connectivity index (χ1v) is 7.72. The van der Waals surface area contributed by atoms with E-state index >= 15 is 0 Å². The fourth-order valence-corrected chi connectivity index (χ4v) is 2.63. The van der Waals surface area contributed by atoms with Crippen molar-refractivity contribution in [2.75, 3.05) is 24.5 Å². The standard InChI is InChI=1S/C17H30N2O/c1-6-15(18-7-2)14-11-9-10-12-16(14)19(8-3)13-17(4,5)20/h9-12,15,18,20H,6-8,13H2,1-5H3. The van der Waals surface area contributed by atoms with Gasteiger partial charge in [-0.15, -0.1) is 0 Å². The monoisotopic (exact) mass is 278 g/mol. The second-order valence-corrected chi connectivity index (χ2v) is 5.90. The number of nitrogens with one attached hydrogen (secondary N) is 1. The van der Waals surface area contributed by atoms with E-state index in [1.165, 1.54) is 11.3 Å². The summed E-state index contributed by atoms with van der Waals surface area (Å²) in [4.78, 5) is 2.26. The molecule has 0 radical (unpaired) electrons. The Morgan fingerprint density at radius 3 is 2.35 bits per heavy atom. The molecule has 0 saturated heterocycles. The summed E-state index contributed by atoms with van der Waals surface area (Å²) in [6.07, 6.45) is 1.06. The predicted octanol–water partition coefficient (Wildman–Crippen LogP) is 3.34. The molecular weight excluding hydrogens is 248 g/mol. The lowest BCUT2D eigenvalue weighted by molar-refractivity contribution is 0.0875. The fraction of sp³-hybridized carbons (Fsp3) is 0.647. The van der Waals surface area contributed by atoms with Crippen LogP contribution in [0, 0.1) is 0 Å². The zero-order chi connectivity index (χ0) is 15.2. The average molecular weight is 278 g/mol. The molecule has 0 aliphatic carbocycles. The lowest BCUT2D eigenvalue weighted by Gasteiger charge is -2.33. The molecule has 1 rings (SSSR count). The number of aliphatic hydroxyl groups is 1. The van der Waals surface area contributed by atoms with Crippen LogP contribution in [0.15, 0.2) is 24.3 Å². The summed E-state index contributed by atoms with van der Waals surface area (Å²) in [6.45, 7) is 12.7. The highest BCUT2D eigenvalue weighted by Crippen LogP contribution is 2.29. The maximum absolute atomic E-state index is 10.1. The van der Waals surface area contributed by atoms with Crippen LogP contribution >= 0.6 is 0 Å². The molecule has 1 unspecified atom stereocenters. The van der Waals surface area contributed by atoms with Crippen molar-refractivity contribution in [3.63, 3.8) is 0 Å². The van der Waals surface area contributed by atoms with Crippen molar-refractivity contribution < 1.29 is 5.11 Å². The van der Waals surface area contributed by atoms with Crippen LogP contribution in [0.1, 0.15) is 52.6 Å². The molecule has 3 nitrogen and oxygen atoms in total. The Kier molecular flexibility index (Phi) is 6.50. The van der Waals surface area contributed by atoms with Crippen LogP contribution < -0.4 is 10.2 Å². The van der Waals surface area contributed by atoms with Crippen LogP contribution in [-0.4, -0.2) is 30.3 Å². The molecule has 0 aromatic heterocycles. The molecule has 20 heavy (non-hydrogen) atoms. The van der Waals surface area contributed by atoms with Gasteiger partial charge in [-0.2, -0.15) is 0 Å². The van der Waals surface area contributed by atoms with Crippen molar-refractivity contribution in [2.24, 2.45) is 0 Å². The number of nitrogens with zero attached hydrogens (tertiary/aromatic N) is 1. The molecule has 0 heterocycles. The van der Waals surface area contributed by atoms with Gasteiger partial charge >= 0.3 is 0 Å². The summed E-state index contributed by atoms with van der Waals surface area (Å²) in [5.74, 6) is 0. The highest BCUT2D eigenvalue weighted by Gasteiger charge is 2.21. The smallest absolute Gasteiger partial charge is 0.0765 e. The molecule has 0 bridgehead atoms. The van der Waals surface area contributed by atoms with Gasteiger partial charge in [0.05, 0.1) is 5.60 Å². The van der Waals surface area contributed by atoms with E-state index in [0.717, 1.165) is 19.5 Å². The third kappa shape index (κ3) is 4.80. The topological polar surface area (TPSA) is 35.5 Å². The molecule has 0 fully saturated rings. The van der Waals surface area contributed by atoms with Gasteiger partial charge in [0.15, 0.2) is 0 Å². The minimum Gasteiger partial charge on any atom is -0.389 e. The van der Waals surface area contributed by atoms with Crippen LogP contribution in [0.4, 0.5) is 5.69 Å². The number of benzene rings is 1. The fourth-order valence-electron chi connectivity index (χ4n) is 2.63. The third-order valence-electron chi connectivity index (χ3n) is 3.47. The summed E-state index contributed by atoms with van der Waals surface area (Å²) >= 11 is 0. The SMILES string of the molecule is CCNC(CC)c1ccccc1N(CC)CC(C)(C)O. The zero-order valence-corrected chi connectivity index (χ0v) is 13.6. The molecule has 0 aliphatic heterocycles. The Bertz CT molecular complexity index is 398. The first-order chi connectivity index (χ1) is 9.42.